The van der Waals surface area contributed by atoms with Crippen LogP contribution in [0.4, 0.5) is 4.11 Å². The van der Waals surface area contributed by atoms with E-state index < -0.39 is 48.0 Å². The van der Waals surface area contributed by atoms with Crippen molar-refractivity contribution in [2.24, 2.45) is 0 Å². The number of ether oxygens (including phenoxy) is 2. The fraction of sp³-hybridized carbons (Fsp3) is 0.625. The van der Waals surface area contributed by atoms with Crippen LogP contribution in [-0.2, 0) is 19.1 Å². The molecule has 0 aliphatic carbocycles. The first-order valence-corrected chi connectivity index (χ1v) is 12.6. The summed E-state index contributed by atoms with van der Waals surface area (Å²) in [5.74, 6) is -1.95. The third-order valence-corrected chi connectivity index (χ3v) is 10.5. The van der Waals surface area contributed by atoms with E-state index in [1.807, 2.05) is 41.5 Å². The van der Waals surface area contributed by atoms with E-state index in [2.05, 4.69) is 5.32 Å². The number of benzene rings is 1. The van der Waals surface area contributed by atoms with Crippen LogP contribution in [0.3, 0.4) is 0 Å². The van der Waals surface area contributed by atoms with Crippen molar-refractivity contribution < 1.29 is 28.0 Å². The number of esters is 2. The van der Waals surface area contributed by atoms with Crippen molar-refractivity contribution in [2.75, 3.05) is 7.11 Å². The number of amides is 1. The van der Waals surface area contributed by atoms with Gasteiger partial charge in [-0.05, 0) is 48.2 Å². The topological polar surface area (TPSA) is 81.7 Å². The highest BCUT2D eigenvalue weighted by atomic mass is 28.4. The molecule has 0 spiro atoms. The maximum Gasteiger partial charge on any atom is 0.328 e. The molecule has 1 aromatic carbocycles. The summed E-state index contributed by atoms with van der Waals surface area (Å²) in [6.07, 6.45) is -0.359. The molecular weight excluding hydrogens is 429 g/mol. The second kappa shape index (κ2) is 9.73. The molecule has 1 N–H and O–H groups in total. The molecule has 32 heavy (non-hydrogen) atoms. The minimum absolute atomic E-state index is 0.256. The molecule has 1 aromatic rings. The zero-order chi connectivity index (χ0) is 25.1. The molecule has 0 fully saturated rings. The van der Waals surface area contributed by atoms with Crippen molar-refractivity contribution in [3.8, 4) is 0 Å². The molecule has 0 saturated heterocycles. The van der Waals surface area contributed by atoms with Gasteiger partial charge in [0.25, 0.3) is 14.3 Å². The lowest BCUT2D eigenvalue weighted by Gasteiger charge is -2.44. The second-order valence-electron chi connectivity index (χ2n) is 11.1. The van der Waals surface area contributed by atoms with E-state index in [1.165, 1.54) is 7.11 Å². The van der Waals surface area contributed by atoms with Gasteiger partial charge in [0.2, 0.25) is 0 Å². The summed E-state index contributed by atoms with van der Waals surface area (Å²) in [6, 6.07) is 5.20. The lowest BCUT2D eigenvalue weighted by molar-refractivity contribution is -0.158. The van der Waals surface area contributed by atoms with Crippen LogP contribution in [0.1, 0.15) is 79.1 Å². The van der Waals surface area contributed by atoms with Crippen LogP contribution in [0.15, 0.2) is 24.3 Å². The smallest absolute Gasteiger partial charge is 0.328 e. The van der Waals surface area contributed by atoms with Crippen LogP contribution in [0, 0.1) is 0 Å². The molecule has 8 heteroatoms. The number of rotatable bonds is 6. The van der Waals surface area contributed by atoms with Gasteiger partial charge in [-0.15, -0.1) is 0 Å². The van der Waals surface area contributed by atoms with Gasteiger partial charge in [0.05, 0.1) is 13.5 Å². The highest BCUT2D eigenvalue weighted by Gasteiger charge is 2.56. The van der Waals surface area contributed by atoms with Crippen molar-refractivity contribution in [2.45, 2.75) is 90.5 Å². The third-order valence-electron chi connectivity index (χ3n) is 5.19. The molecule has 0 bridgehead atoms. The Morgan fingerprint density at radius 2 is 1.41 bits per heavy atom. The van der Waals surface area contributed by atoms with Crippen molar-refractivity contribution in [3.05, 3.63) is 29.8 Å². The Balaban J connectivity index is 3.12. The molecule has 1 rings (SSSR count). The number of hydrogen-bond donors (Lipinski definition) is 1. The van der Waals surface area contributed by atoms with Crippen LogP contribution in [0.2, 0.25) is 10.1 Å². The fourth-order valence-electron chi connectivity index (χ4n) is 3.97. The molecule has 0 aliphatic heterocycles. The molecule has 180 valence electrons. The Kier molecular flexibility index (Phi) is 8.45. The fourth-order valence-corrected chi connectivity index (χ4v) is 8.58. The average Bonchev–Trinajstić information content (AvgIpc) is 2.62. The van der Waals surface area contributed by atoms with Crippen LogP contribution in [0.5, 0.6) is 0 Å². The molecule has 6 nitrogen and oxygen atoms in total. The maximum absolute atomic E-state index is 16.4. The quantitative estimate of drug-likeness (QED) is 0.381. The molecule has 0 unspecified atom stereocenters. The monoisotopic (exact) mass is 467 g/mol. The summed E-state index contributed by atoms with van der Waals surface area (Å²) in [5, 5.41) is 2.04. The zero-order valence-electron chi connectivity index (χ0n) is 21.0. The first-order chi connectivity index (χ1) is 14.3. The summed E-state index contributed by atoms with van der Waals surface area (Å²) < 4.78 is 26.4. The van der Waals surface area contributed by atoms with Crippen molar-refractivity contribution >= 4 is 31.4 Å². The Hall–Kier alpha value is -2.22. The van der Waals surface area contributed by atoms with E-state index in [0.717, 1.165) is 0 Å². The van der Waals surface area contributed by atoms with Crippen molar-refractivity contribution in [3.63, 3.8) is 0 Å². The number of nitrogens with one attached hydrogen (secondary N) is 1. The minimum Gasteiger partial charge on any atom is -0.467 e. The number of carbonyl (C=O) groups is 3. The molecule has 0 heterocycles. The lowest BCUT2D eigenvalue weighted by Crippen LogP contribution is -2.57. The summed E-state index contributed by atoms with van der Waals surface area (Å²) in [6.45, 7) is 16.6. The Labute approximate surface area is 192 Å². The summed E-state index contributed by atoms with van der Waals surface area (Å²) in [5.41, 5.74) is -0.466. The van der Waals surface area contributed by atoms with E-state index in [1.54, 1.807) is 45.0 Å². The summed E-state index contributed by atoms with van der Waals surface area (Å²) in [4.78, 5) is 37.0. The largest absolute Gasteiger partial charge is 0.467 e. The Bertz CT molecular complexity index is 818. The minimum atomic E-state index is -3.45. The highest BCUT2D eigenvalue weighted by Crippen LogP contribution is 2.51. The van der Waals surface area contributed by atoms with Gasteiger partial charge in [-0.25, -0.2) is 4.79 Å². The van der Waals surface area contributed by atoms with Gasteiger partial charge < -0.3 is 18.9 Å². The standard InChI is InChI=1S/C24H38FNO5Si/c1-22(2,3)31-19(27)15-18(21(29)30-10)26-20(28)16-11-13-17(14-12-16)32(25,23(4,5)6)24(7,8)9/h11-14,18H,15H2,1-10H3,(H,26,28)/t18-/m1/s1. The zero-order valence-corrected chi connectivity index (χ0v) is 22.0. The molecule has 1 atom stereocenters. The van der Waals surface area contributed by atoms with Gasteiger partial charge in [0, 0.05) is 5.56 Å². The maximum atomic E-state index is 16.4. The number of halogens is 1. The average molecular weight is 468 g/mol. The first-order valence-electron chi connectivity index (χ1n) is 10.7. The van der Waals surface area contributed by atoms with E-state index >= 15 is 4.11 Å². The Morgan fingerprint density at radius 3 is 1.78 bits per heavy atom. The van der Waals surface area contributed by atoms with Crippen LogP contribution >= 0.6 is 0 Å². The van der Waals surface area contributed by atoms with Gasteiger partial charge in [-0.1, -0.05) is 53.7 Å². The normalized spacial score (nSPS) is 13.8. The summed E-state index contributed by atoms with van der Waals surface area (Å²) >= 11 is 0. The van der Waals surface area contributed by atoms with E-state index in [-0.39, 0.29) is 12.0 Å². The lowest BCUT2D eigenvalue weighted by atomic mass is 10.1. The van der Waals surface area contributed by atoms with Gasteiger partial charge in [-0.3, -0.25) is 9.59 Å². The number of methoxy groups -OCH3 is 1. The van der Waals surface area contributed by atoms with Gasteiger partial charge in [-0.2, -0.15) is 0 Å². The van der Waals surface area contributed by atoms with E-state index in [9.17, 15) is 14.4 Å². The summed E-state index contributed by atoms with van der Waals surface area (Å²) in [7, 11) is -2.28. The molecule has 0 aliphatic rings. The van der Waals surface area contributed by atoms with Crippen LogP contribution in [0.25, 0.3) is 0 Å². The van der Waals surface area contributed by atoms with Gasteiger partial charge in [0.1, 0.15) is 11.6 Å². The van der Waals surface area contributed by atoms with Crippen molar-refractivity contribution in [1.29, 1.82) is 0 Å². The molecule has 1 amide bonds. The predicted octanol–water partition coefficient (Wildman–Crippen LogP) is 4.41. The van der Waals surface area contributed by atoms with Gasteiger partial charge >= 0.3 is 11.9 Å². The van der Waals surface area contributed by atoms with Crippen LogP contribution < -0.4 is 10.5 Å². The molecule has 0 aromatic heterocycles. The second-order valence-corrected chi connectivity index (χ2v) is 16.0. The van der Waals surface area contributed by atoms with Gasteiger partial charge in [0.15, 0.2) is 0 Å². The highest BCUT2D eigenvalue weighted by molar-refractivity contribution is 6.90. The Morgan fingerprint density at radius 1 is 0.938 bits per heavy atom. The number of carbonyl (C=O) groups excluding carboxylic acids is 3. The SMILES string of the molecule is COC(=O)[C@@H](CC(=O)OC(C)(C)C)NC(=O)c1ccc([Si](F)(C(C)(C)C)C(C)(C)C)cc1. The van der Waals surface area contributed by atoms with Crippen LogP contribution in [-0.4, -0.2) is 45.0 Å². The van der Waals surface area contributed by atoms with Crippen molar-refractivity contribution in [1.82, 2.24) is 5.32 Å². The third kappa shape index (κ3) is 6.64. The van der Waals surface area contributed by atoms with E-state index in [4.69, 9.17) is 9.47 Å². The first kappa shape index (κ1) is 27.8. The predicted molar refractivity (Wildman–Crippen MR) is 126 cm³/mol. The molecular formula is C24H38FNO5Si. The molecule has 0 saturated carbocycles. The van der Waals surface area contributed by atoms with E-state index in [0.29, 0.717) is 5.19 Å². The molecule has 0 radical (unpaired) electrons. The number of hydrogen-bond acceptors (Lipinski definition) is 5.